The minimum atomic E-state index is -0.775. The van der Waals surface area contributed by atoms with Crippen molar-refractivity contribution >= 4 is 45.6 Å². The highest BCUT2D eigenvalue weighted by atomic mass is 79.9. The van der Waals surface area contributed by atoms with E-state index in [0.717, 1.165) is 78.5 Å². The smallest absolute Gasteiger partial charge is 0.322 e. The van der Waals surface area contributed by atoms with Gasteiger partial charge < -0.3 is 30.4 Å². The number of urea groups is 2. The van der Waals surface area contributed by atoms with Crippen LogP contribution in [0.4, 0.5) is 15.3 Å². The van der Waals surface area contributed by atoms with E-state index in [1.807, 2.05) is 45.0 Å². The van der Waals surface area contributed by atoms with Gasteiger partial charge in [0.1, 0.15) is 6.04 Å². The number of nitrogens with one attached hydrogen (secondary N) is 2. The van der Waals surface area contributed by atoms with E-state index in [9.17, 15) is 19.2 Å². The van der Waals surface area contributed by atoms with E-state index in [2.05, 4.69) is 39.2 Å². The molecule has 0 spiro atoms. The average Bonchev–Trinajstić information content (AvgIpc) is 3.11. The lowest BCUT2D eigenvalue weighted by Gasteiger charge is -2.41. The first-order valence-corrected chi connectivity index (χ1v) is 18.6. The predicted octanol–water partition coefficient (Wildman–Crippen LogP) is 5.56. The summed E-state index contributed by atoms with van der Waals surface area (Å²) in [6.45, 7) is 8.59. The molecule has 12 heteroatoms. The number of amides is 5. The summed E-state index contributed by atoms with van der Waals surface area (Å²) in [6.07, 6.45) is 11.2. The minimum Gasteiger partial charge on any atom is -0.480 e. The molecule has 0 saturated carbocycles. The summed E-state index contributed by atoms with van der Waals surface area (Å²) in [6, 6.07) is 6.89. The number of hydrogen-bond donors (Lipinski definition) is 3. The van der Waals surface area contributed by atoms with Crippen LogP contribution in [0.3, 0.4) is 0 Å². The number of carboxylic acid groups (broad SMARTS) is 1. The standard InChI is InChI=1S/C37H49BrN6O5/c1-2-26-21-25(7-8-31(26)38)22-33(35(47)42-17-11-28(12-18-42)27-9-15-41(16-10-27)24-34(45)46)40-36(48)43-19-13-30(14-20-43)44-23-29-5-3-4-6-32(29)39-37(44)49/h2-6,21,27-28,30,33H,1,7-20,22-24H2,(H,39,49)(H,40,48)(H,45,46). The van der Waals surface area contributed by atoms with Crippen LogP contribution in [0, 0.1) is 11.8 Å². The normalized spacial score (nSPS) is 22.3. The van der Waals surface area contributed by atoms with E-state index < -0.39 is 12.0 Å². The first-order valence-electron chi connectivity index (χ1n) is 17.8. The summed E-state index contributed by atoms with van der Waals surface area (Å²) >= 11 is 3.64. The Morgan fingerprint density at radius 3 is 2.29 bits per heavy atom. The van der Waals surface area contributed by atoms with Crippen molar-refractivity contribution in [3.05, 3.63) is 64.2 Å². The van der Waals surface area contributed by atoms with Crippen molar-refractivity contribution in [3.8, 4) is 0 Å². The number of rotatable bonds is 9. The molecular formula is C37H49BrN6O5. The number of nitrogens with zero attached hydrogens (tertiary/aromatic N) is 4. The molecule has 0 radical (unpaired) electrons. The molecule has 5 amide bonds. The van der Waals surface area contributed by atoms with Gasteiger partial charge in [-0.05, 0) is 99.9 Å². The fourth-order valence-electron chi connectivity index (χ4n) is 8.30. The summed E-state index contributed by atoms with van der Waals surface area (Å²) in [7, 11) is 0. The molecule has 1 unspecified atom stereocenters. The van der Waals surface area contributed by atoms with Crippen molar-refractivity contribution in [2.75, 3.05) is 51.1 Å². The van der Waals surface area contributed by atoms with Gasteiger partial charge in [0.15, 0.2) is 0 Å². The molecule has 11 nitrogen and oxygen atoms in total. The fourth-order valence-corrected chi connectivity index (χ4v) is 8.78. The lowest BCUT2D eigenvalue weighted by molar-refractivity contribution is -0.138. The molecule has 1 aromatic rings. The summed E-state index contributed by atoms with van der Waals surface area (Å²) in [5, 5.41) is 15.3. The number of carboxylic acids is 1. The van der Waals surface area contributed by atoms with Gasteiger partial charge in [0.05, 0.1) is 6.54 Å². The third-order valence-corrected chi connectivity index (χ3v) is 12.0. The first kappa shape index (κ1) is 35.2. The van der Waals surface area contributed by atoms with Crippen molar-refractivity contribution in [3.63, 3.8) is 0 Å². The topological polar surface area (TPSA) is 126 Å². The van der Waals surface area contributed by atoms with Gasteiger partial charge in [0, 0.05) is 48.9 Å². The molecule has 4 heterocycles. The highest BCUT2D eigenvalue weighted by molar-refractivity contribution is 9.11. The Bertz CT molecular complexity index is 1490. The lowest BCUT2D eigenvalue weighted by Crippen LogP contribution is -2.56. The van der Waals surface area contributed by atoms with Crippen LogP contribution >= 0.6 is 15.9 Å². The maximum atomic E-state index is 14.1. The van der Waals surface area contributed by atoms with Crippen LogP contribution in [-0.2, 0) is 16.1 Å². The zero-order valence-corrected chi connectivity index (χ0v) is 29.8. The highest BCUT2D eigenvalue weighted by Gasteiger charge is 2.36. The number of halogens is 1. The van der Waals surface area contributed by atoms with Crippen molar-refractivity contribution in [1.29, 1.82) is 0 Å². The number of fused-ring (bicyclic) bond motifs is 1. The van der Waals surface area contributed by atoms with E-state index >= 15 is 0 Å². The van der Waals surface area contributed by atoms with Crippen LogP contribution in [0.2, 0.25) is 0 Å². The molecule has 0 aromatic heterocycles. The van der Waals surface area contributed by atoms with Gasteiger partial charge >= 0.3 is 18.0 Å². The largest absolute Gasteiger partial charge is 0.480 e. The molecule has 3 fully saturated rings. The van der Waals surface area contributed by atoms with E-state index in [0.29, 0.717) is 63.8 Å². The second-order valence-electron chi connectivity index (χ2n) is 14.2. The van der Waals surface area contributed by atoms with E-state index in [-0.39, 0.29) is 30.6 Å². The number of hydrogen-bond acceptors (Lipinski definition) is 5. The van der Waals surface area contributed by atoms with Gasteiger partial charge in [-0.25, -0.2) is 9.59 Å². The van der Waals surface area contributed by atoms with Crippen LogP contribution in [0.15, 0.2) is 58.6 Å². The number of benzene rings is 1. The Labute approximate surface area is 297 Å². The number of para-hydroxylation sites is 1. The second kappa shape index (κ2) is 15.9. The average molecular weight is 738 g/mol. The Morgan fingerprint density at radius 1 is 0.959 bits per heavy atom. The molecule has 4 aliphatic heterocycles. The number of carbonyl (C=O) groups excluding carboxylic acids is 3. The quantitative estimate of drug-likeness (QED) is 0.305. The van der Waals surface area contributed by atoms with Crippen molar-refractivity contribution in [1.82, 2.24) is 24.9 Å². The molecule has 1 atom stereocenters. The third kappa shape index (κ3) is 8.57. The lowest BCUT2D eigenvalue weighted by atomic mass is 9.78. The van der Waals surface area contributed by atoms with E-state index in [1.165, 1.54) is 0 Å². The second-order valence-corrected chi connectivity index (χ2v) is 15.1. The molecule has 5 aliphatic rings. The van der Waals surface area contributed by atoms with Gasteiger partial charge in [0.2, 0.25) is 5.91 Å². The summed E-state index contributed by atoms with van der Waals surface area (Å²) in [4.78, 5) is 59.5. The molecule has 1 aliphatic carbocycles. The Balaban J connectivity index is 1.06. The SMILES string of the molecule is C=CC1=C(Br)CCC(CC(NC(=O)N2CCC(N3Cc4ccccc4NC3=O)CC2)C(=O)N2CCC(C3CCN(CC(=O)O)CC3)CC2)=C1. The number of carbonyl (C=O) groups is 4. The maximum absolute atomic E-state index is 14.1. The van der Waals surface area contributed by atoms with Crippen molar-refractivity contribution in [2.45, 2.75) is 76.4 Å². The molecule has 3 saturated heterocycles. The number of allylic oxidation sites excluding steroid dienone is 4. The third-order valence-electron chi connectivity index (χ3n) is 11.2. The predicted molar refractivity (Wildman–Crippen MR) is 192 cm³/mol. The first-order chi connectivity index (χ1) is 23.7. The van der Waals surface area contributed by atoms with Gasteiger partial charge in [-0.1, -0.05) is 58.4 Å². The summed E-state index contributed by atoms with van der Waals surface area (Å²) < 4.78 is 1.10. The molecule has 49 heavy (non-hydrogen) atoms. The van der Waals surface area contributed by atoms with E-state index in [4.69, 9.17) is 5.11 Å². The molecule has 3 N–H and O–H groups in total. The Morgan fingerprint density at radius 2 is 1.61 bits per heavy atom. The monoisotopic (exact) mass is 736 g/mol. The number of aliphatic carboxylic acids is 1. The van der Waals surface area contributed by atoms with Crippen LogP contribution < -0.4 is 10.6 Å². The minimum absolute atomic E-state index is 0.0312. The zero-order valence-electron chi connectivity index (χ0n) is 28.2. The van der Waals surface area contributed by atoms with Gasteiger partial charge in [-0.3, -0.25) is 14.5 Å². The number of anilines is 1. The van der Waals surface area contributed by atoms with Crippen LogP contribution in [0.1, 0.15) is 63.4 Å². The van der Waals surface area contributed by atoms with Crippen LogP contribution in [0.5, 0.6) is 0 Å². The maximum Gasteiger partial charge on any atom is 0.322 e. The zero-order chi connectivity index (χ0) is 34.5. The molecule has 6 rings (SSSR count). The molecular weight excluding hydrogens is 688 g/mol. The van der Waals surface area contributed by atoms with E-state index in [1.54, 1.807) is 4.90 Å². The van der Waals surface area contributed by atoms with Gasteiger partial charge in [-0.15, -0.1) is 0 Å². The van der Waals surface area contributed by atoms with Gasteiger partial charge in [-0.2, -0.15) is 0 Å². The van der Waals surface area contributed by atoms with Crippen molar-refractivity contribution in [2.24, 2.45) is 11.8 Å². The molecule has 264 valence electrons. The molecule has 0 bridgehead atoms. The van der Waals surface area contributed by atoms with Crippen molar-refractivity contribution < 1.29 is 24.3 Å². The number of piperidine rings is 3. The fraction of sp³-hybridized carbons (Fsp3) is 0.568. The molecule has 1 aromatic carbocycles. The highest BCUT2D eigenvalue weighted by Crippen LogP contribution is 2.34. The van der Waals surface area contributed by atoms with Gasteiger partial charge in [0.25, 0.3) is 0 Å². The number of likely N-dealkylation sites (tertiary alicyclic amines) is 3. The summed E-state index contributed by atoms with van der Waals surface area (Å²) in [5.41, 5.74) is 4.08. The van der Waals surface area contributed by atoms with Crippen LogP contribution in [-0.4, -0.2) is 107 Å². The summed E-state index contributed by atoms with van der Waals surface area (Å²) in [5.74, 6) is 0.278. The Kier molecular flexibility index (Phi) is 11.4. The van der Waals surface area contributed by atoms with Crippen LogP contribution in [0.25, 0.3) is 0 Å². The Hall–Kier alpha value is -3.64.